The van der Waals surface area contributed by atoms with Crippen molar-refractivity contribution in [3.63, 3.8) is 0 Å². The fourth-order valence-electron chi connectivity index (χ4n) is 2.47. The van der Waals surface area contributed by atoms with Crippen molar-refractivity contribution in [1.29, 1.82) is 0 Å². The van der Waals surface area contributed by atoms with Crippen molar-refractivity contribution in [3.05, 3.63) is 80.4 Å². The molecule has 2 aromatic heterocycles. The van der Waals surface area contributed by atoms with Crippen LogP contribution >= 0.6 is 11.3 Å². The number of nitrogens with zero attached hydrogens (tertiary/aromatic N) is 2. The van der Waals surface area contributed by atoms with E-state index in [9.17, 15) is 18.5 Å². The molecule has 136 valence electrons. The van der Waals surface area contributed by atoms with E-state index in [2.05, 4.69) is 0 Å². The fourth-order valence-corrected chi connectivity index (χ4v) is 4.68. The molecule has 0 atom stereocenters. The second kappa shape index (κ2) is 7.40. The first kappa shape index (κ1) is 18.3. The van der Waals surface area contributed by atoms with E-state index in [0.29, 0.717) is 11.3 Å². The lowest BCUT2D eigenvalue weighted by Gasteiger charge is -2.20. The molecule has 26 heavy (non-hydrogen) atoms. The van der Waals surface area contributed by atoms with Gasteiger partial charge in [0.05, 0.1) is 22.6 Å². The predicted molar refractivity (Wildman–Crippen MR) is 97.3 cm³/mol. The van der Waals surface area contributed by atoms with Crippen molar-refractivity contribution in [2.75, 3.05) is 0 Å². The summed E-state index contributed by atoms with van der Waals surface area (Å²) < 4.78 is 32.8. The highest BCUT2D eigenvalue weighted by molar-refractivity contribution is 7.89. The van der Waals surface area contributed by atoms with Gasteiger partial charge in [0, 0.05) is 23.1 Å². The smallest absolute Gasteiger partial charge is 0.273 e. The summed E-state index contributed by atoms with van der Waals surface area (Å²) >= 11 is 1.44. The number of hydrogen-bond donors (Lipinski definition) is 0. The number of benzene rings is 1. The van der Waals surface area contributed by atoms with Crippen LogP contribution in [0.15, 0.2) is 63.4 Å². The van der Waals surface area contributed by atoms with E-state index in [1.54, 1.807) is 19.1 Å². The van der Waals surface area contributed by atoms with Crippen LogP contribution in [0.25, 0.3) is 0 Å². The molecule has 3 aromatic rings. The zero-order valence-electron chi connectivity index (χ0n) is 13.9. The molecule has 0 unspecified atom stereocenters. The molecule has 1 aromatic carbocycles. The third kappa shape index (κ3) is 3.85. The summed E-state index contributed by atoms with van der Waals surface area (Å²) in [6.07, 6.45) is 1.47. The predicted octanol–water partition coefficient (Wildman–Crippen LogP) is 3.95. The van der Waals surface area contributed by atoms with Gasteiger partial charge in [-0.15, -0.1) is 11.3 Å². The van der Waals surface area contributed by atoms with Crippen LogP contribution in [-0.4, -0.2) is 17.6 Å². The van der Waals surface area contributed by atoms with Crippen LogP contribution in [0.3, 0.4) is 0 Å². The second-order valence-corrected chi connectivity index (χ2v) is 8.61. The van der Waals surface area contributed by atoms with Gasteiger partial charge in [0.1, 0.15) is 5.76 Å². The minimum absolute atomic E-state index is 0.0366. The Balaban J connectivity index is 2.00. The van der Waals surface area contributed by atoms with Gasteiger partial charge < -0.3 is 4.42 Å². The van der Waals surface area contributed by atoms with Gasteiger partial charge in [0.25, 0.3) is 5.69 Å². The maximum atomic E-state index is 13.1. The number of furan rings is 1. The monoisotopic (exact) mass is 392 g/mol. The molecule has 2 heterocycles. The van der Waals surface area contributed by atoms with Crippen molar-refractivity contribution in [1.82, 2.24) is 4.31 Å². The Morgan fingerprint density at radius 1 is 1.19 bits per heavy atom. The summed E-state index contributed by atoms with van der Waals surface area (Å²) in [5.41, 5.74) is 0.185. The lowest BCUT2D eigenvalue weighted by molar-refractivity contribution is -0.385. The molecular weight excluding hydrogens is 376 g/mol. The maximum absolute atomic E-state index is 13.1. The summed E-state index contributed by atoms with van der Waals surface area (Å²) in [4.78, 5) is 11.3. The van der Waals surface area contributed by atoms with Crippen molar-refractivity contribution >= 4 is 27.0 Å². The average molecular weight is 392 g/mol. The van der Waals surface area contributed by atoms with Gasteiger partial charge in [-0.05, 0) is 36.6 Å². The van der Waals surface area contributed by atoms with Crippen LogP contribution in [0.2, 0.25) is 0 Å². The summed E-state index contributed by atoms with van der Waals surface area (Å²) in [5.74, 6) is 0.492. The van der Waals surface area contributed by atoms with Gasteiger partial charge >= 0.3 is 0 Å². The molecule has 0 saturated heterocycles. The third-order valence-corrected chi connectivity index (χ3v) is 6.49. The fraction of sp³-hybridized carbons (Fsp3) is 0.176. The molecule has 0 aliphatic heterocycles. The van der Waals surface area contributed by atoms with E-state index in [0.717, 1.165) is 10.9 Å². The van der Waals surface area contributed by atoms with Crippen LogP contribution in [0, 0.1) is 17.0 Å². The van der Waals surface area contributed by atoms with Crippen LogP contribution in [0.5, 0.6) is 0 Å². The van der Waals surface area contributed by atoms with Gasteiger partial charge in [0.2, 0.25) is 10.0 Å². The van der Waals surface area contributed by atoms with Gasteiger partial charge in [-0.25, -0.2) is 8.42 Å². The number of hydrogen-bond acceptors (Lipinski definition) is 6. The molecule has 0 N–H and O–H groups in total. The lowest BCUT2D eigenvalue weighted by Crippen LogP contribution is -2.30. The highest BCUT2D eigenvalue weighted by Crippen LogP contribution is 2.27. The SMILES string of the molecule is Cc1ccc(S(=O)(=O)N(Cc2ccco2)Cc2cccs2)cc1[N+](=O)[O-]. The van der Waals surface area contributed by atoms with Crippen molar-refractivity contribution in [2.24, 2.45) is 0 Å². The summed E-state index contributed by atoms with van der Waals surface area (Å²) in [7, 11) is -3.95. The Hall–Kier alpha value is -2.49. The molecule has 3 rings (SSSR count). The van der Waals surface area contributed by atoms with Crippen LogP contribution in [0.1, 0.15) is 16.2 Å². The highest BCUT2D eigenvalue weighted by Gasteiger charge is 2.28. The summed E-state index contributed by atoms with van der Waals surface area (Å²) in [6, 6.07) is 11.0. The van der Waals surface area contributed by atoms with Gasteiger partial charge in [0.15, 0.2) is 0 Å². The molecule has 9 heteroatoms. The van der Waals surface area contributed by atoms with Crippen LogP contribution in [-0.2, 0) is 23.1 Å². The van der Waals surface area contributed by atoms with Crippen LogP contribution < -0.4 is 0 Å². The van der Waals surface area contributed by atoms with Crippen molar-refractivity contribution in [2.45, 2.75) is 24.9 Å². The van der Waals surface area contributed by atoms with Gasteiger partial charge in [-0.2, -0.15) is 4.31 Å². The Morgan fingerprint density at radius 3 is 2.62 bits per heavy atom. The van der Waals surface area contributed by atoms with E-state index in [1.807, 2.05) is 17.5 Å². The molecule has 0 saturated carbocycles. The molecule has 0 amide bonds. The molecule has 7 nitrogen and oxygen atoms in total. The molecular formula is C17H16N2O5S2. The first-order chi connectivity index (χ1) is 12.4. The lowest BCUT2D eigenvalue weighted by atomic mass is 10.2. The topological polar surface area (TPSA) is 93.7 Å². The molecule has 0 aliphatic rings. The molecule has 0 bridgehead atoms. The minimum Gasteiger partial charge on any atom is -0.468 e. The number of thiophene rings is 1. The molecule has 0 spiro atoms. The zero-order chi connectivity index (χ0) is 18.7. The molecule has 0 radical (unpaired) electrons. The number of rotatable bonds is 7. The highest BCUT2D eigenvalue weighted by atomic mass is 32.2. The van der Waals surface area contributed by atoms with Gasteiger partial charge in [-0.1, -0.05) is 12.1 Å². The Morgan fingerprint density at radius 2 is 2.00 bits per heavy atom. The van der Waals surface area contributed by atoms with E-state index in [1.165, 1.54) is 34.0 Å². The van der Waals surface area contributed by atoms with E-state index >= 15 is 0 Å². The van der Waals surface area contributed by atoms with E-state index in [-0.39, 0.29) is 23.7 Å². The number of nitro groups is 1. The first-order valence-electron chi connectivity index (χ1n) is 7.68. The quantitative estimate of drug-likeness (QED) is 0.448. The number of aryl methyl sites for hydroxylation is 1. The summed E-state index contributed by atoms with van der Waals surface area (Å²) in [5, 5.41) is 13.0. The third-order valence-electron chi connectivity index (χ3n) is 3.84. The Kier molecular flexibility index (Phi) is 5.21. The average Bonchev–Trinajstić information content (AvgIpc) is 3.28. The van der Waals surface area contributed by atoms with Crippen LogP contribution in [0.4, 0.5) is 5.69 Å². The number of sulfonamides is 1. The van der Waals surface area contributed by atoms with Crippen molar-refractivity contribution in [3.8, 4) is 0 Å². The molecule has 0 fully saturated rings. The first-order valence-corrected chi connectivity index (χ1v) is 10.00. The minimum atomic E-state index is -3.95. The van der Waals surface area contributed by atoms with E-state index in [4.69, 9.17) is 4.42 Å². The Bertz CT molecular complexity index is 960. The normalized spacial score (nSPS) is 11.8. The number of nitro benzene ring substituents is 1. The van der Waals surface area contributed by atoms with Crippen molar-refractivity contribution < 1.29 is 17.8 Å². The Labute approximate surface area is 154 Å². The largest absolute Gasteiger partial charge is 0.468 e. The second-order valence-electron chi connectivity index (χ2n) is 5.64. The zero-order valence-corrected chi connectivity index (χ0v) is 15.5. The van der Waals surface area contributed by atoms with E-state index < -0.39 is 14.9 Å². The maximum Gasteiger partial charge on any atom is 0.273 e. The van der Waals surface area contributed by atoms with Gasteiger partial charge in [-0.3, -0.25) is 10.1 Å². The summed E-state index contributed by atoms with van der Waals surface area (Å²) in [6.45, 7) is 1.76. The molecule has 0 aliphatic carbocycles. The standard InChI is InChI=1S/C17H16N2O5S2/c1-13-6-7-16(10-17(13)19(20)21)26(22,23)18(11-14-4-2-8-24-14)12-15-5-3-9-25-15/h2-10H,11-12H2,1H3.